The summed E-state index contributed by atoms with van der Waals surface area (Å²) >= 11 is 0. The summed E-state index contributed by atoms with van der Waals surface area (Å²) < 4.78 is 5.08. The van der Waals surface area contributed by atoms with Gasteiger partial charge in [-0.1, -0.05) is 0 Å². The molecule has 1 N–H and O–H groups in total. The number of rotatable bonds is 8. The Morgan fingerprint density at radius 3 is 2.36 bits per heavy atom. The summed E-state index contributed by atoms with van der Waals surface area (Å²) in [4.78, 5) is 28.5. The molecule has 1 aliphatic heterocycles. The zero-order valence-electron chi connectivity index (χ0n) is 15.3. The lowest BCUT2D eigenvalue weighted by Gasteiger charge is -2.20. The maximum Gasteiger partial charge on any atom is 0.223 e. The number of aliphatic hydroxyl groups is 1. The van der Waals surface area contributed by atoms with E-state index in [1.807, 2.05) is 14.1 Å². The summed E-state index contributed by atoms with van der Waals surface area (Å²) in [5.41, 5.74) is 0.591. The van der Waals surface area contributed by atoms with Gasteiger partial charge in [0.15, 0.2) is 5.78 Å². The van der Waals surface area contributed by atoms with Crippen molar-refractivity contribution in [1.82, 2.24) is 9.80 Å². The lowest BCUT2D eigenvalue weighted by Crippen LogP contribution is -2.31. The van der Waals surface area contributed by atoms with Crippen molar-refractivity contribution in [2.75, 3.05) is 47.4 Å². The summed E-state index contributed by atoms with van der Waals surface area (Å²) in [5.74, 6) is 1.04. The van der Waals surface area contributed by atoms with Crippen molar-refractivity contribution in [3.05, 3.63) is 29.8 Å². The Morgan fingerprint density at radius 2 is 1.80 bits per heavy atom. The first-order chi connectivity index (χ1) is 11.9. The van der Waals surface area contributed by atoms with Crippen LogP contribution in [0.5, 0.6) is 5.75 Å². The van der Waals surface area contributed by atoms with Gasteiger partial charge in [-0.3, -0.25) is 9.59 Å². The molecule has 1 fully saturated rings. The molecule has 1 amide bonds. The fourth-order valence-electron chi connectivity index (χ4n) is 3.32. The Morgan fingerprint density at radius 1 is 1.16 bits per heavy atom. The maximum atomic E-state index is 12.4. The van der Waals surface area contributed by atoms with Gasteiger partial charge in [0, 0.05) is 50.6 Å². The number of hydrogen-bond acceptors (Lipinski definition) is 5. The minimum atomic E-state index is -0.0428. The van der Waals surface area contributed by atoms with Gasteiger partial charge in [0.1, 0.15) is 5.75 Å². The number of ketones is 1. The molecule has 0 bridgehead atoms. The molecule has 0 aromatic heterocycles. The van der Waals surface area contributed by atoms with E-state index in [2.05, 4.69) is 4.90 Å². The van der Waals surface area contributed by atoms with Crippen LogP contribution in [0.15, 0.2) is 24.3 Å². The Balaban J connectivity index is 1.86. The van der Waals surface area contributed by atoms with E-state index in [1.165, 1.54) is 0 Å². The maximum absolute atomic E-state index is 12.4. The van der Waals surface area contributed by atoms with Crippen molar-refractivity contribution in [3.63, 3.8) is 0 Å². The number of Topliss-reactive ketones (excluding diaryl/α,β-unsaturated/α-hetero) is 1. The van der Waals surface area contributed by atoms with Gasteiger partial charge in [-0.15, -0.1) is 0 Å². The predicted octanol–water partition coefficient (Wildman–Crippen LogP) is 1.29. The first-order valence-corrected chi connectivity index (χ1v) is 8.65. The molecular formula is C19H28N2O4. The topological polar surface area (TPSA) is 70.1 Å². The Kier molecular flexibility index (Phi) is 6.96. The van der Waals surface area contributed by atoms with E-state index in [9.17, 15) is 14.7 Å². The van der Waals surface area contributed by atoms with Crippen molar-refractivity contribution >= 4 is 11.7 Å². The number of carbonyl (C=O) groups is 2. The third-order valence-corrected chi connectivity index (χ3v) is 4.74. The van der Waals surface area contributed by atoms with Crippen LogP contribution in [0.3, 0.4) is 0 Å². The molecule has 0 aliphatic carbocycles. The van der Waals surface area contributed by atoms with E-state index in [0.717, 1.165) is 6.54 Å². The zero-order valence-corrected chi connectivity index (χ0v) is 15.3. The second-order valence-corrected chi connectivity index (χ2v) is 6.92. The Hall–Kier alpha value is -1.92. The Bertz CT molecular complexity index is 586. The van der Waals surface area contributed by atoms with Crippen LogP contribution in [-0.4, -0.2) is 74.0 Å². The van der Waals surface area contributed by atoms with Crippen molar-refractivity contribution in [3.8, 4) is 5.75 Å². The van der Waals surface area contributed by atoms with Crippen LogP contribution in [0.25, 0.3) is 0 Å². The molecule has 1 saturated heterocycles. The molecule has 138 valence electrons. The highest BCUT2D eigenvalue weighted by atomic mass is 16.5. The molecule has 2 rings (SSSR count). The number of carbonyl (C=O) groups excluding carboxylic acids is 2. The second kappa shape index (κ2) is 8.97. The summed E-state index contributed by atoms with van der Waals surface area (Å²) in [7, 11) is 5.56. The number of benzene rings is 1. The van der Waals surface area contributed by atoms with Gasteiger partial charge in [0.2, 0.25) is 5.91 Å². The van der Waals surface area contributed by atoms with Crippen LogP contribution in [-0.2, 0) is 4.79 Å². The summed E-state index contributed by atoms with van der Waals surface area (Å²) in [6.07, 6.45) is 0.404. The molecule has 1 aliphatic rings. The van der Waals surface area contributed by atoms with Gasteiger partial charge in [-0.2, -0.15) is 0 Å². The monoisotopic (exact) mass is 348 g/mol. The molecule has 6 heteroatoms. The summed E-state index contributed by atoms with van der Waals surface area (Å²) in [6.45, 7) is 2.16. The number of aliphatic hydroxyl groups excluding tert-OH is 1. The van der Waals surface area contributed by atoms with Crippen LogP contribution in [0.2, 0.25) is 0 Å². The van der Waals surface area contributed by atoms with E-state index in [4.69, 9.17) is 4.74 Å². The highest BCUT2D eigenvalue weighted by molar-refractivity contribution is 5.98. The van der Waals surface area contributed by atoms with Crippen molar-refractivity contribution in [1.29, 1.82) is 0 Å². The van der Waals surface area contributed by atoms with Crippen LogP contribution in [0.1, 0.15) is 23.2 Å². The fraction of sp³-hybridized carbons (Fsp3) is 0.579. The minimum absolute atomic E-state index is 0.0124. The predicted molar refractivity (Wildman–Crippen MR) is 95.8 cm³/mol. The van der Waals surface area contributed by atoms with Crippen molar-refractivity contribution in [2.45, 2.75) is 12.8 Å². The highest BCUT2D eigenvalue weighted by Gasteiger charge is 2.34. The summed E-state index contributed by atoms with van der Waals surface area (Å²) in [5, 5.41) is 9.54. The normalized spacial score (nSPS) is 20.1. The Labute approximate surface area is 149 Å². The number of nitrogens with zero attached hydrogens (tertiary/aromatic N) is 2. The van der Waals surface area contributed by atoms with Gasteiger partial charge >= 0.3 is 0 Å². The SMILES string of the molecule is COc1ccc(C(=O)CCC(=O)N2C[C@@H](CN(C)C)[C@@H](CO)C2)cc1. The molecule has 0 unspecified atom stereocenters. The molecule has 25 heavy (non-hydrogen) atoms. The van der Waals surface area contributed by atoms with Gasteiger partial charge in [0.25, 0.3) is 0 Å². The first kappa shape index (κ1) is 19.4. The second-order valence-electron chi connectivity index (χ2n) is 6.92. The highest BCUT2D eigenvalue weighted by Crippen LogP contribution is 2.24. The van der Waals surface area contributed by atoms with Gasteiger partial charge in [-0.25, -0.2) is 0 Å². The average Bonchev–Trinajstić information content (AvgIpc) is 3.01. The molecule has 2 atom stereocenters. The number of hydrogen-bond donors (Lipinski definition) is 1. The van der Waals surface area contributed by atoms with Crippen LogP contribution in [0, 0.1) is 11.8 Å². The minimum Gasteiger partial charge on any atom is -0.497 e. The number of ether oxygens (including phenoxy) is 1. The van der Waals surface area contributed by atoms with Gasteiger partial charge < -0.3 is 19.6 Å². The van der Waals surface area contributed by atoms with Crippen LogP contribution >= 0.6 is 0 Å². The number of likely N-dealkylation sites (tertiary alicyclic amines) is 1. The van der Waals surface area contributed by atoms with Gasteiger partial charge in [0.05, 0.1) is 7.11 Å². The van der Waals surface area contributed by atoms with Gasteiger partial charge in [-0.05, 0) is 44.3 Å². The third-order valence-electron chi connectivity index (χ3n) is 4.74. The molecular weight excluding hydrogens is 320 g/mol. The molecule has 6 nitrogen and oxygen atoms in total. The number of methoxy groups -OCH3 is 1. The molecule has 1 aromatic carbocycles. The van der Waals surface area contributed by atoms with E-state index in [0.29, 0.717) is 24.4 Å². The molecule has 0 radical (unpaired) electrons. The van der Waals surface area contributed by atoms with E-state index >= 15 is 0 Å². The third kappa shape index (κ3) is 5.28. The van der Waals surface area contributed by atoms with E-state index in [-0.39, 0.29) is 43.0 Å². The quantitative estimate of drug-likeness (QED) is 0.717. The molecule has 0 saturated carbocycles. The number of amides is 1. The summed E-state index contributed by atoms with van der Waals surface area (Å²) in [6, 6.07) is 6.92. The van der Waals surface area contributed by atoms with E-state index < -0.39 is 0 Å². The van der Waals surface area contributed by atoms with E-state index in [1.54, 1.807) is 36.3 Å². The standard InChI is InChI=1S/C19H28N2O4/c1-20(2)10-15-11-21(12-16(15)13-22)19(24)9-8-18(23)14-4-6-17(25-3)7-5-14/h4-7,15-16,22H,8-13H2,1-3H3/t15-,16-/m1/s1. The average molecular weight is 348 g/mol. The first-order valence-electron chi connectivity index (χ1n) is 8.65. The largest absolute Gasteiger partial charge is 0.497 e. The smallest absolute Gasteiger partial charge is 0.223 e. The van der Waals surface area contributed by atoms with Crippen molar-refractivity contribution in [2.24, 2.45) is 11.8 Å². The molecule has 1 aromatic rings. The molecule has 1 heterocycles. The van der Waals surface area contributed by atoms with Crippen LogP contribution < -0.4 is 4.74 Å². The van der Waals surface area contributed by atoms with Crippen molar-refractivity contribution < 1.29 is 19.4 Å². The fourth-order valence-corrected chi connectivity index (χ4v) is 3.32. The lowest BCUT2D eigenvalue weighted by atomic mass is 9.97. The molecule has 0 spiro atoms. The lowest BCUT2D eigenvalue weighted by molar-refractivity contribution is -0.130. The zero-order chi connectivity index (χ0) is 18.4. The van der Waals surface area contributed by atoms with Crippen LogP contribution in [0.4, 0.5) is 0 Å².